The standard InChI is InChI=1S/C11H10BrNO4/c1-13-8(14)5-17-10-6(11(15)16-2)3-4-7(12)9(10)13/h3-4H,5H2,1-2H3. The first-order valence-electron chi connectivity index (χ1n) is 4.86. The average Bonchev–Trinajstić information content (AvgIpc) is 2.33. The van der Waals surface area contributed by atoms with Crippen molar-refractivity contribution in [1.29, 1.82) is 0 Å². The predicted octanol–water partition coefficient (Wildman–Crippen LogP) is 1.59. The van der Waals surface area contributed by atoms with Crippen LogP contribution in [0.1, 0.15) is 10.4 Å². The van der Waals surface area contributed by atoms with Crippen LogP contribution in [-0.4, -0.2) is 32.6 Å². The first-order chi connectivity index (χ1) is 8.06. The van der Waals surface area contributed by atoms with Crippen molar-refractivity contribution in [3.05, 3.63) is 22.2 Å². The molecule has 0 atom stereocenters. The molecule has 1 heterocycles. The summed E-state index contributed by atoms with van der Waals surface area (Å²) in [6, 6.07) is 3.28. The zero-order chi connectivity index (χ0) is 12.6. The van der Waals surface area contributed by atoms with Crippen LogP contribution in [0.25, 0.3) is 0 Å². The first kappa shape index (κ1) is 11.9. The van der Waals surface area contributed by atoms with Gasteiger partial charge < -0.3 is 14.4 Å². The Kier molecular flexibility index (Phi) is 3.06. The second-order valence-corrected chi connectivity index (χ2v) is 4.36. The SMILES string of the molecule is COC(=O)c1ccc(Br)c2c1OCC(=O)N2C. The second-order valence-electron chi connectivity index (χ2n) is 3.51. The number of esters is 1. The second kappa shape index (κ2) is 4.37. The lowest BCUT2D eigenvalue weighted by Crippen LogP contribution is -2.36. The molecule has 90 valence electrons. The van der Waals surface area contributed by atoms with Gasteiger partial charge in [0.05, 0.1) is 7.11 Å². The zero-order valence-corrected chi connectivity index (χ0v) is 10.9. The Hall–Kier alpha value is -1.56. The lowest BCUT2D eigenvalue weighted by molar-refractivity contribution is -0.121. The van der Waals surface area contributed by atoms with Crippen molar-refractivity contribution in [2.75, 3.05) is 25.7 Å². The van der Waals surface area contributed by atoms with E-state index < -0.39 is 5.97 Å². The van der Waals surface area contributed by atoms with E-state index in [4.69, 9.17) is 4.74 Å². The van der Waals surface area contributed by atoms with Crippen LogP contribution in [0.4, 0.5) is 5.69 Å². The highest BCUT2D eigenvalue weighted by molar-refractivity contribution is 9.10. The monoisotopic (exact) mass is 299 g/mol. The van der Waals surface area contributed by atoms with Gasteiger partial charge in [0.15, 0.2) is 12.4 Å². The Morgan fingerprint density at radius 1 is 1.53 bits per heavy atom. The van der Waals surface area contributed by atoms with Gasteiger partial charge in [-0.2, -0.15) is 0 Å². The minimum Gasteiger partial charge on any atom is -0.481 e. The van der Waals surface area contributed by atoms with Crippen LogP contribution in [-0.2, 0) is 9.53 Å². The van der Waals surface area contributed by atoms with Crippen molar-refractivity contribution in [3.63, 3.8) is 0 Å². The number of hydrogen-bond acceptors (Lipinski definition) is 4. The molecule has 17 heavy (non-hydrogen) atoms. The molecular formula is C11H10BrNO4. The van der Waals surface area contributed by atoms with E-state index in [0.29, 0.717) is 21.5 Å². The number of benzene rings is 1. The highest BCUT2D eigenvalue weighted by Gasteiger charge is 2.29. The number of methoxy groups -OCH3 is 1. The Morgan fingerprint density at radius 3 is 2.88 bits per heavy atom. The molecule has 1 aliphatic heterocycles. The van der Waals surface area contributed by atoms with Gasteiger partial charge in [-0.05, 0) is 28.1 Å². The fraction of sp³-hybridized carbons (Fsp3) is 0.273. The molecule has 0 unspecified atom stereocenters. The summed E-state index contributed by atoms with van der Waals surface area (Å²) in [5, 5.41) is 0. The van der Waals surface area contributed by atoms with E-state index in [0.717, 1.165) is 0 Å². The summed E-state index contributed by atoms with van der Waals surface area (Å²) in [5.41, 5.74) is 0.856. The maximum absolute atomic E-state index is 11.6. The van der Waals surface area contributed by atoms with Crippen LogP contribution < -0.4 is 9.64 Å². The fourth-order valence-electron chi connectivity index (χ4n) is 1.63. The van der Waals surface area contributed by atoms with Gasteiger partial charge in [0.1, 0.15) is 11.3 Å². The number of halogens is 1. The average molecular weight is 300 g/mol. The van der Waals surface area contributed by atoms with Crippen LogP contribution in [0.3, 0.4) is 0 Å². The Bertz CT molecular complexity index is 500. The van der Waals surface area contributed by atoms with Crippen LogP contribution in [0.2, 0.25) is 0 Å². The van der Waals surface area contributed by atoms with Gasteiger partial charge in [0, 0.05) is 11.5 Å². The van der Waals surface area contributed by atoms with E-state index in [2.05, 4.69) is 20.7 Å². The van der Waals surface area contributed by atoms with E-state index in [1.165, 1.54) is 12.0 Å². The van der Waals surface area contributed by atoms with Gasteiger partial charge in [-0.25, -0.2) is 4.79 Å². The molecule has 5 nitrogen and oxygen atoms in total. The summed E-state index contributed by atoms with van der Waals surface area (Å²) in [5.74, 6) is -0.287. The molecular weight excluding hydrogens is 290 g/mol. The van der Waals surface area contributed by atoms with Crippen LogP contribution in [0.5, 0.6) is 5.75 Å². The minimum atomic E-state index is -0.489. The third kappa shape index (κ3) is 1.88. The molecule has 0 bridgehead atoms. The lowest BCUT2D eigenvalue weighted by atomic mass is 10.1. The first-order valence-corrected chi connectivity index (χ1v) is 5.65. The number of ether oxygens (including phenoxy) is 2. The normalized spacial score (nSPS) is 14.1. The number of amides is 1. The van der Waals surface area contributed by atoms with Crippen molar-refractivity contribution in [2.24, 2.45) is 0 Å². The molecule has 0 saturated carbocycles. The fourth-order valence-corrected chi connectivity index (χ4v) is 2.21. The van der Waals surface area contributed by atoms with Gasteiger partial charge >= 0.3 is 5.97 Å². The smallest absolute Gasteiger partial charge is 0.341 e. The number of fused-ring (bicyclic) bond motifs is 1. The molecule has 0 aromatic heterocycles. The summed E-state index contributed by atoms with van der Waals surface area (Å²) in [7, 11) is 2.93. The molecule has 6 heteroatoms. The zero-order valence-electron chi connectivity index (χ0n) is 9.32. The van der Waals surface area contributed by atoms with Crippen LogP contribution >= 0.6 is 15.9 Å². The van der Waals surface area contributed by atoms with Crippen molar-refractivity contribution in [1.82, 2.24) is 0 Å². The number of nitrogens with zero attached hydrogens (tertiary/aromatic N) is 1. The van der Waals surface area contributed by atoms with E-state index in [9.17, 15) is 9.59 Å². The summed E-state index contributed by atoms with van der Waals surface area (Å²) in [6.45, 7) is -0.0794. The van der Waals surface area contributed by atoms with Crippen LogP contribution in [0, 0.1) is 0 Å². The van der Waals surface area contributed by atoms with Gasteiger partial charge in [-0.1, -0.05) is 0 Å². The number of likely N-dealkylation sites (N-methyl/N-ethyl adjacent to an activating group) is 1. The van der Waals surface area contributed by atoms with Crippen molar-refractivity contribution < 1.29 is 19.1 Å². The maximum atomic E-state index is 11.6. The molecule has 1 aromatic rings. The molecule has 0 spiro atoms. The molecule has 0 N–H and O–H groups in total. The summed E-state index contributed by atoms with van der Waals surface area (Å²) in [4.78, 5) is 24.5. The molecule has 1 amide bonds. The molecule has 0 aliphatic carbocycles. The Balaban J connectivity index is 2.62. The molecule has 2 rings (SSSR count). The Labute approximate surface area is 106 Å². The van der Waals surface area contributed by atoms with E-state index in [-0.39, 0.29) is 12.5 Å². The number of carbonyl (C=O) groups is 2. The predicted molar refractivity (Wildman–Crippen MR) is 64.4 cm³/mol. The summed E-state index contributed by atoms with van der Waals surface area (Å²) in [6.07, 6.45) is 0. The van der Waals surface area contributed by atoms with E-state index >= 15 is 0 Å². The molecule has 1 aliphatic rings. The highest BCUT2D eigenvalue weighted by atomic mass is 79.9. The van der Waals surface area contributed by atoms with Gasteiger partial charge in [0.2, 0.25) is 0 Å². The van der Waals surface area contributed by atoms with Crippen LogP contribution in [0.15, 0.2) is 16.6 Å². The summed E-state index contributed by atoms with van der Waals surface area (Å²) >= 11 is 3.33. The number of carbonyl (C=O) groups excluding carboxylic acids is 2. The van der Waals surface area contributed by atoms with Gasteiger partial charge in [-0.15, -0.1) is 0 Å². The number of rotatable bonds is 1. The quantitative estimate of drug-likeness (QED) is 0.739. The van der Waals surface area contributed by atoms with Crippen molar-refractivity contribution in [2.45, 2.75) is 0 Å². The van der Waals surface area contributed by atoms with Crippen molar-refractivity contribution >= 4 is 33.5 Å². The third-order valence-electron chi connectivity index (χ3n) is 2.54. The Morgan fingerprint density at radius 2 is 2.24 bits per heavy atom. The molecule has 0 radical (unpaired) electrons. The summed E-state index contributed by atoms with van der Waals surface area (Å²) < 4.78 is 10.7. The lowest BCUT2D eigenvalue weighted by Gasteiger charge is -2.28. The molecule has 0 saturated heterocycles. The molecule has 0 fully saturated rings. The van der Waals surface area contributed by atoms with Gasteiger partial charge in [-0.3, -0.25) is 4.79 Å². The molecule has 1 aromatic carbocycles. The van der Waals surface area contributed by atoms with Gasteiger partial charge in [0.25, 0.3) is 5.91 Å². The van der Waals surface area contributed by atoms with Crippen molar-refractivity contribution in [3.8, 4) is 5.75 Å². The number of hydrogen-bond donors (Lipinski definition) is 0. The maximum Gasteiger partial charge on any atom is 0.341 e. The third-order valence-corrected chi connectivity index (χ3v) is 3.18. The largest absolute Gasteiger partial charge is 0.481 e. The van der Waals surface area contributed by atoms with E-state index in [1.807, 2.05) is 0 Å². The minimum absolute atomic E-state index is 0.0794. The highest BCUT2D eigenvalue weighted by Crippen LogP contribution is 2.40. The van der Waals surface area contributed by atoms with E-state index in [1.54, 1.807) is 19.2 Å². The number of anilines is 1. The topological polar surface area (TPSA) is 55.8 Å².